The molecule has 0 aliphatic carbocycles. The van der Waals surface area contributed by atoms with Crippen LogP contribution in [0, 0.1) is 0 Å². The van der Waals surface area contributed by atoms with Gasteiger partial charge in [0.05, 0.1) is 18.6 Å². The highest BCUT2D eigenvalue weighted by Gasteiger charge is 2.15. The standard InChI is InChI=1S/C18H18N2O5S/c1-22-7-8-24-15-10-12(5-6-14(15)23-2)19-18(21)13-11-16(25-20-13)17-4-3-9-26-17/h3-6,9-11H,7-8H2,1-2H3,(H,19,21). The van der Waals surface area contributed by atoms with Crippen molar-refractivity contribution in [2.24, 2.45) is 0 Å². The molecule has 8 heteroatoms. The molecule has 1 amide bonds. The number of hydrogen-bond acceptors (Lipinski definition) is 7. The summed E-state index contributed by atoms with van der Waals surface area (Å²) in [5, 5.41) is 8.54. The molecule has 0 saturated carbocycles. The molecular formula is C18H18N2O5S. The zero-order valence-corrected chi connectivity index (χ0v) is 15.2. The molecule has 2 aromatic heterocycles. The molecule has 0 saturated heterocycles. The number of ether oxygens (including phenoxy) is 3. The van der Waals surface area contributed by atoms with Crippen molar-refractivity contribution in [3.63, 3.8) is 0 Å². The van der Waals surface area contributed by atoms with Crippen molar-refractivity contribution in [1.82, 2.24) is 5.16 Å². The quantitative estimate of drug-likeness (QED) is 0.606. The highest BCUT2D eigenvalue weighted by atomic mass is 32.1. The number of nitrogens with zero attached hydrogens (tertiary/aromatic N) is 1. The minimum Gasteiger partial charge on any atom is -0.493 e. The van der Waals surface area contributed by atoms with Crippen molar-refractivity contribution in [3.8, 4) is 22.1 Å². The van der Waals surface area contributed by atoms with Gasteiger partial charge in [0, 0.05) is 24.9 Å². The van der Waals surface area contributed by atoms with Gasteiger partial charge in [-0.05, 0) is 23.6 Å². The molecule has 3 rings (SSSR count). The molecule has 0 fully saturated rings. The fourth-order valence-electron chi connectivity index (χ4n) is 2.21. The van der Waals surface area contributed by atoms with E-state index in [4.69, 9.17) is 18.7 Å². The van der Waals surface area contributed by atoms with Crippen LogP contribution in [-0.2, 0) is 4.74 Å². The van der Waals surface area contributed by atoms with Gasteiger partial charge in [0.25, 0.3) is 5.91 Å². The average molecular weight is 374 g/mol. The molecule has 0 atom stereocenters. The van der Waals surface area contributed by atoms with Crippen LogP contribution in [0.15, 0.2) is 46.3 Å². The first-order valence-corrected chi connectivity index (χ1v) is 8.71. The second kappa shape index (κ2) is 8.50. The number of hydrogen-bond donors (Lipinski definition) is 1. The lowest BCUT2D eigenvalue weighted by Gasteiger charge is -2.12. The van der Waals surface area contributed by atoms with E-state index in [0.717, 1.165) is 4.88 Å². The van der Waals surface area contributed by atoms with Crippen molar-refractivity contribution in [1.29, 1.82) is 0 Å². The highest BCUT2D eigenvalue weighted by molar-refractivity contribution is 7.13. The fraction of sp³-hybridized carbons (Fsp3) is 0.222. The number of carbonyl (C=O) groups is 1. The Kier molecular flexibility index (Phi) is 5.88. The number of aromatic nitrogens is 1. The molecule has 7 nitrogen and oxygen atoms in total. The van der Waals surface area contributed by atoms with Gasteiger partial charge in [0.15, 0.2) is 23.0 Å². The molecular weight excluding hydrogens is 356 g/mol. The van der Waals surface area contributed by atoms with Gasteiger partial charge in [-0.2, -0.15) is 0 Å². The van der Waals surface area contributed by atoms with E-state index in [1.807, 2.05) is 17.5 Å². The zero-order valence-electron chi connectivity index (χ0n) is 14.4. The minimum absolute atomic E-state index is 0.200. The summed E-state index contributed by atoms with van der Waals surface area (Å²) in [5.74, 6) is 1.27. The predicted octanol–water partition coefficient (Wildman–Crippen LogP) is 3.69. The van der Waals surface area contributed by atoms with Gasteiger partial charge >= 0.3 is 0 Å². The maximum absolute atomic E-state index is 12.4. The molecule has 0 unspecified atom stereocenters. The molecule has 136 valence electrons. The lowest BCUT2D eigenvalue weighted by molar-refractivity contribution is 0.101. The summed E-state index contributed by atoms with van der Waals surface area (Å²) >= 11 is 1.51. The Balaban J connectivity index is 1.71. The number of nitrogens with one attached hydrogen (secondary N) is 1. The Bertz CT molecular complexity index is 860. The second-order valence-corrected chi connectivity index (χ2v) is 6.16. The molecule has 1 N–H and O–H groups in total. The first kappa shape index (κ1) is 18.0. The van der Waals surface area contributed by atoms with Crippen LogP contribution in [-0.4, -0.2) is 38.5 Å². The first-order chi connectivity index (χ1) is 12.7. The second-order valence-electron chi connectivity index (χ2n) is 5.21. The number of amides is 1. The third kappa shape index (κ3) is 4.22. The fourth-order valence-corrected chi connectivity index (χ4v) is 2.89. The van der Waals surface area contributed by atoms with Crippen LogP contribution in [0.5, 0.6) is 11.5 Å². The summed E-state index contributed by atoms with van der Waals surface area (Å²) in [6, 6.07) is 10.6. The van der Waals surface area contributed by atoms with Crippen LogP contribution >= 0.6 is 11.3 Å². The van der Waals surface area contributed by atoms with E-state index in [1.54, 1.807) is 38.5 Å². The zero-order chi connectivity index (χ0) is 18.4. The maximum Gasteiger partial charge on any atom is 0.277 e. The molecule has 0 radical (unpaired) electrons. The first-order valence-electron chi connectivity index (χ1n) is 7.83. The molecule has 0 bridgehead atoms. The van der Waals surface area contributed by atoms with Crippen molar-refractivity contribution in [2.45, 2.75) is 0 Å². The summed E-state index contributed by atoms with van der Waals surface area (Å²) in [6.07, 6.45) is 0. The number of thiophene rings is 1. The Hall–Kier alpha value is -2.84. The van der Waals surface area contributed by atoms with Crippen LogP contribution in [0.2, 0.25) is 0 Å². The van der Waals surface area contributed by atoms with Gasteiger partial charge in [-0.1, -0.05) is 11.2 Å². The smallest absolute Gasteiger partial charge is 0.277 e. The molecule has 2 heterocycles. The summed E-state index contributed by atoms with van der Waals surface area (Å²) in [5.41, 5.74) is 0.759. The summed E-state index contributed by atoms with van der Waals surface area (Å²) in [7, 11) is 3.15. The van der Waals surface area contributed by atoms with E-state index >= 15 is 0 Å². The van der Waals surface area contributed by atoms with Gasteiger partial charge in [0.2, 0.25) is 0 Å². The largest absolute Gasteiger partial charge is 0.493 e. The Morgan fingerprint density at radius 3 is 2.81 bits per heavy atom. The molecule has 1 aromatic carbocycles. The van der Waals surface area contributed by atoms with Gasteiger partial charge in [0.1, 0.15) is 6.61 Å². The lowest BCUT2D eigenvalue weighted by atomic mass is 10.2. The van der Waals surface area contributed by atoms with Crippen molar-refractivity contribution in [3.05, 3.63) is 47.5 Å². The Morgan fingerprint density at radius 1 is 1.19 bits per heavy atom. The molecule has 0 spiro atoms. The molecule has 0 aliphatic heterocycles. The predicted molar refractivity (Wildman–Crippen MR) is 98.1 cm³/mol. The third-order valence-electron chi connectivity index (χ3n) is 3.47. The number of anilines is 1. The SMILES string of the molecule is COCCOc1cc(NC(=O)c2cc(-c3cccs3)on2)ccc1OC. The number of rotatable bonds is 8. The van der Waals surface area contributed by atoms with Crippen LogP contribution in [0.1, 0.15) is 10.5 Å². The number of benzene rings is 1. The van der Waals surface area contributed by atoms with E-state index in [2.05, 4.69) is 10.5 Å². The Labute approximate surface area is 154 Å². The van der Waals surface area contributed by atoms with Gasteiger partial charge in [-0.25, -0.2) is 0 Å². The molecule has 0 aliphatic rings. The molecule has 3 aromatic rings. The van der Waals surface area contributed by atoms with E-state index in [0.29, 0.717) is 36.2 Å². The van der Waals surface area contributed by atoms with E-state index in [-0.39, 0.29) is 11.6 Å². The minimum atomic E-state index is -0.371. The maximum atomic E-state index is 12.4. The number of carbonyl (C=O) groups excluding carboxylic acids is 1. The van der Waals surface area contributed by atoms with Gasteiger partial charge in [-0.15, -0.1) is 11.3 Å². The normalized spacial score (nSPS) is 10.5. The molecule has 26 heavy (non-hydrogen) atoms. The van der Waals surface area contributed by atoms with Crippen LogP contribution in [0.3, 0.4) is 0 Å². The average Bonchev–Trinajstić information content (AvgIpc) is 3.33. The van der Waals surface area contributed by atoms with Crippen LogP contribution in [0.25, 0.3) is 10.6 Å². The summed E-state index contributed by atoms with van der Waals surface area (Å²) in [4.78, 5) is 13.3. The summed E-state index contributed by atoms with van der Waals surface area (Å²) in [6.45, 7) is 0.821. The monoisotopic (exact) mass is 374 g/mol. The van der Waals surface area contributed by atoms with Gasteiger partial charge < -0.3 is 24.1 Å². The van der Waals surface area contributed by atoms with E-state index < -0.39 is 0 Å². The highest BCUT2D eigenvalue weighted by Crippen LogP contribution is 2.31. The summed E-state index contributed by atoms with van der Waals surface area (Å²) < 4.78 is 21.1. The van der Waals surface area contributed by atoms with Crippen molar-refractivity contribution < 1.29 is 23.5 Å². The lowest BCUT2D eigenvalue weighted by Crippen LogP contribution is -2.12. The topological polar surface area (TPSA) is 82.8 Å². The van der Waals surface area contributed by atoms with Gasteiger partial charge in [-0.3, -0.25) is 4.79 Å². The van der Waals surface area contributed by atoms with E-state index in [1.165, 1.54) is 11.3 Å². The van der Waals surface area contributed by atoms with Crippen LogP contribution < -0.4 is 14.8 Å². The Morgan fingerprint density at radius 2 is 2.08 bits per heavy atom. The van der Waals surface area contributed by atoms with Crippen LogP contribution in [0.4, 0.5) is 5.69 Å². The number of methoxy groups -OCH3 is 2. The van der Waals surface area contributed by atoms with Crippen molar-refractivity contribution >= 4 is 22.9 Å². The van der Waals surface area contributed by atoms with E-state index in [9.17, 15) is 4.79 Å². The third-order valence-corrected chi connectivity index (χ3v) is 4.36. The van der Waals surface area contributed by atoms with Crippen molar-refractivity contribution in [2.75, 3.05) is 32.8 Å².